The molecule has 3 N–H and O–H groups in total. The molecule has 0 unspecified atom stereocenters. The summed E-state index contributed by atoms with van der Waals surface area (Å²) >= 11 is 0. The van der Waals surface area contributed by atoms with E-state index in [9.17, 15) is 15.0 Å². The molecule has 8 nitrogen and oxygen atoms in total. The zero-order chi connectivity index (χ0) is 21.8. The van der Waals surface area contributed by atoms with Crippen LogP contribution in [0.5, 0.6) is 5.75 Å². The van der Waals surface area contributed by atoms with Gasteiger partial charge in [0.25, 0.3) is 0 Å². The molecule has 0 fully saturated rings. The smallest absolute Gasteiger partial charge is 0.335 e. The number of aliphatic hydroxyl groups excluding tert-OH is 2. The number of carbonyl (C=O) groups is 1. The lowest BCUT2D eigenvalue weighted by Crippen LogP contribution is -2.16. The summed E-state index contributed by atoms with van der Waals surface area (Å²) in [4.78, 5) is 11.4. The van der Waals surface area contributed by atoms with Gasteiger partial charge in [-0.05, 0) is 17.7 Å². The van der Waals surface area contributed by atoms with Crippen LogP contribution in [0.25, 0.3) is 0 Å². The Kier molecular flexibility index (Phi) is 10.3. The Labute approximate surface area is 175 Å². The third-order valence-corrected chi connectivity index (χ3v) is 4.34. The highest BCUT2D eigenvalue weighted by Crippen LogP contribution is 2.28. The maximum absolute atomic E-state index is 11.4. The molecule has 2 aromatic carbocycles. The van der Waals surface area contributed by atoms with E-state index in [0.29, 0.717) is 30.1 Å². The third kappa shape index (κ3) is 7.08. The van der Waals surface area contributed by atoms with Gasteiger partial charge >= 0.3 is 5.97 Å². The van der Waals surface area contributed by atoms with Gasteiger partial charge < -0.3 is 34.3 Å². The first-order valence-corrected chi connectivity index (χ1v) is 9.57. The Balaban J connectivity index is 2.06. The van der Waals surface area contributed by atoms with E-state index in [1.165, 1.54) is 19.2 Å². The van der Waals surface area contributed by atoms with E-state index in [1.807, 2.05) is 30.3 Å². The van der Waals surface area contributed by atoms with Gasteiger partial charge in [0, 0.05) is 11.1 Å². The van der Waals surface area contributed by atoms with Crippen molar-refractivity contribution in [1.82, 2.24) is 0 Å². The van der Waals surface area contributed by atoms with Crippen LogP contribution in [0.1, 0.15) is 33.2 Å². The molecule has 2 aromatic rings. The summed E-state index contributed by atoms with van der Waals surface area (Å²) in [6.45, 7) is 0.847. The summed E-state index contributed by atoms with van der Waals surface area (Å²) in [6, 6.07) is 12.4. The fraction of sp³-hybridized carbons (Fsp3) is 0.409. The number of rotatable bonds is 14. The molecule has 0 aliphatic carbocycles. The van der Waals surface area contributed by atoms with Gasteiger partial charge in [-0.25, -0.2) is 4.79 Å². The second-order valence-electron chi connectivity index (χ2n) is 6.41. The number of aromatic carboxylic acids is 1. The van der Waals surface area contributed by atoms with Crippen LogP contribution in [0.2, 0.25) is 0 Å². The molecule has 1 atom stereocenters. The molecule has 2 rings (SSSR count). The number of carboxylic acid groups (broad SMARTS) is 1. The number of benzene rings is 2. The average molecular weight is 420 g/mol. The SMILES string of the molecule is COc1c(CO)cc(C(=O)O)cc1COC[C@@H](OCCOCCO)c1ccccc1. The topological polar surface area (TPSA) is 115 Å². The highest BCUT2D eigenvalue weighted by molar-refractivity contribution is 5.88. The minimum atomic E-state index is -1.10. The summed E-state index contributed by atoms with van der Waals surface area (Å²) in [5, 5.41) is 27.6. The Bertz CT molecular complexity index is 778. The number of ether oxygens (including phenoxy) is 4. The highest BCUT2D eigenvalue weighted by Gasteiger charge is 2.17. The van der Waals surface area contributed by atoms with Crippen molar-refractivity contribution in [1.29, 1.82) is 0 Å². The lowest BCUT2D eigenvalue weighted by molar-refractivity contribution is -0.0461. The zero-order valence-electron chi connectivity index (χ0n) is 17.0. The molecule has 0 saturated carbocycles. The van der Waals surface area contributed by atoms with E-state index >= 15 is 0 Å². The van der Waals surface area contributed by atoms with Crippen LogP contribution in [0.15, 0.2) is 42.5 Å². The number of hydrogen-bond donors (Lipinski definition) is 3. The van der Waals surface area contributed by atoms with Crippen LogP contribution in [0.4, 0.5) is 0 Å². The van der Waals surface area contributed by atoms with Gasteiger partial charge in [0.05, 0.1) is 58.9 Å². The number of carboxylic acids is 1. The molecular weight excluding hydrogens is 392 g/mol. The monoisotopic (exact) mass is 420 g/mol. The zero-order valence-corrected chi connectivity index (χ0v) is 17.0. The molecule has 0 aliphatic heterocycles. The van der Waals surface area contributed by atoms with E-state index in [0.717, 1.165) is 5.56 Å². The van der Waals surface area contributed by atoms with Crippen molar-refractivity contribution >= 4 is 5.97 Å². The third-order valence-electron chi connectivity index (χ3n) is 4.34. The van der Waals surface area contributed by atoms with Crippen molar-refractivity contribution in [3.63, 3.8) is 0 Å². The Morgan fingerprint density at radius 3 is 2.37 bits per heavy atom. The predicted molar refractivity (Wildman–Crippen MR) is 109 cm³/mol. The van der Waals surface area contributed by atoms with Crippen molar-refractivity contribution in [2.24, 2.45) is 0 Å². The first-order chi connectivity index (χ1) is 14.6. The van der Waals surface area contributed by atoms with Crippen molar-refractivity contribution in [3.05, 3.63) is 64.7 Å². The van der Waals surface area contributed by atoms with Gasteiger partial charge in [-0.1, -0.05) is 30.3 Å². The van der Waals surface area contributed by atoms with Crippen molar-refractivity contribution in [2.75, 3.05) is 40.1 Å². The van der Waals surface area contributed by atoms with E-state index in [2.05, 4.69) is 0 Å². The van der Waals surface area contributed by atoms with E-state index in [1.54, 1.807) is 0 Å². The fourth-order valence-electron chi connectivity index (χ4n) is 2.96. The Morgan fingerprint density at radius 2 is 1.73 bits per heavy atom. The van der Waals surface area contributed by atoms with Crippen LogP contribution in [-0.2, 0) is 27.4 Å². The minimum Gasteiger partial charge on any atom is -0.496 e. The van der Waals surface area contributed by atoms with Crippen molar-refractivity contribution in [3.8, 4) is 5.75 Å². The molecular formula is C22H28O8. The average Bonchev–Trinajstić information content (AvgIpc) is 2.77. The van der Waals surface area contributed by atoms with Crippen molar-refractivity contribution < 1.29 is 39.1 Å². The lowest BCUT2D eigenvalue weighted by Gasteiger charge is -2.20. The normalized spacial score (nSPS) is 12.0. The summed E-state index contributed by atoms with van der Waals surface area (Å²) in [5.74, 6) is -0.695. The molecule has 8 heteroatoms. The number of hydrogen-bond acceptors (Lipinski definition) is 7. The van der Waals surface area contributed by atoms with Crippen LogP contribution in [0.3, 0.4) is 0 Å². The second kappa shape index (κ2) is 12.9. The van der Waals surface area contributed by atoms with Crippen LogP contribution >= 0.6 is 0 Å². The molecule has 0 bridgehead atoms. The van der Waals surface area contributed by atoms with Gasteiger partial charge in [0.15, 0.2) is 0 Å². The van der Waals surface area contributed by atoms with Crippen LogP contribution < -0.4 is 4.74 Å². The van der Waals surface area contributed by atoms with E-state index in [-0.39, 0.29) is 44.7 Å². The lowest BCUT2D eigenvalue weighted by atomic mass is 10.0. The van der Waals surface area contributed by atoms with Gasteiger partial charge in [-0.15, -0.1) is 0 Å². The van der Waals surface area contributed by atoms with Gasteiger partial charge in [0.1, 0.15) is 11.9 Å². The summed E-state index contributed by atoms with van der Waals surface area (Å²) in [7, 11) is 1.46. The summed E-state index contributed by atoms with van der Waals surface area (Å²) < 4.78 is 22.3. The first-order valence-electron chi connectivity index (χ1n) is 9.57. The van der Waals surface area contributed by atoms with Crippen LogP contribution in [-0.4, -0.2) is 61.4 Å². The highest BCUT2D eigenvalue weighted by atomic mass is 16.6. The summed E-state index contributed by atoms with van der Waals surface area (Å²) in [6.07, 6.45) is -0.352. The molecule has 0 saturated heterocycles. The maximum atomic E-state index is 11.4. The maximum Gasteiger partial charge on any atom is 0.335 e. The van der Waals surface area contributed by atoms with Gasteiger partial charge in [0.2, 0.25) is 0 Å². The molecule has 0 aromatic heterocycles. The molecule has 30 heavy (non-hydrogen) atoms. The molecule has 0 aliphatic rings. The molecule has 0 spiro atoms. The Hall–Kier alpha value is -2.49. The standard InChI is InChI=1S/C22H28O8/c1-27-21-18(13-24)11-17(22(25)26)12-19(21)14-29-15-20(16-5-3-2-4-6-16)30-10-9-28-8-7-23/h2-6,11-12,20,23-24H,7-10,13-15H2,1H3,(H,25,26)/t20-/m1/s1. The van der Waals surface area contributed by atoms with E-state index in [4.69, 9.17) is 24.1 Å². The molecule has 164 valence electrons. The Morgan fingerprint density at radius 1 is 1.00 bits per heavy atom. The predicted octanol–water partition coefficient (Wildman–Crippen LogP) is 2.17. The summed E-state index contributed by atoms with van der Waals surface area (Å²) in [5.41, 5.74) is 1.89. The number of aliphatic hydroxyl groups is 2. The quantitative estimate of drug-likeness (QED) is 0.399. The molecule has 0 amide bonds. The molecule has 0 heterocycles. The van der Waals surface area contributed by atoms with E-state index < -0.39 is 5.97 Å². The fourth-order valence-corrected chi connectivity index (χ4v) is 2.96. The van der Waals surface area contributed by atoms with Crippen molar-refractivity contribution in [2.45, 2.75) is 19.3 Å². The van der Waals surface area contributed by atoms with Gasteiger partial charge in [-0.3, -0.25) is 0 Å². The second-order valence-corrected chi connectivity index (χ2v) is 6.41. The molecule has 0 radical (unpaired) electrons. The van der Waals surface area contributed by atoms with Crippen LogP contribution in [0, 0.1) is 0 Å². The van der Waals surface area contributed by atoms with Gasteiger partial charge in [-0.2, -0.15) is 0 Å². The minimum absolute atomic E-state index is 0.0434. The first kappa shape index (κ1) is 23.8. The largest absolute Gasteiger partial charge is 0.496 e. The number of methoxy groups -OCH3 is 1.